The predicted octanol–water partition coefficient (Wildman–Crippen LogP) is 4.19. The maximum Gasteiger partial charge on any atom is 0.223 e. The number of hydrogen-bond donors (Lipinski definition) is 1. The molecule has 116 valence electrons. The van der Waals surface area contributed by atoms with E-state index >= 15 is 0 Å². The van der Waals surface area contributed by atoms with Crippen molar-refractivity contribution < 1.29 is 4.79 Å². The fourth-order valence-electron chi connectivity index (χ4n) is 4.22. The van der Waals surface area contributed by atoms with Gasteiger partial charge in [0, 0.05) is 29.1 Å². The van der Waals surface area contributed by atoms with Crippen molar-refractivity contribution in [3.8, 4) is 0 Å². The van der Waals surface area contributed by atoms with E-state index in [1.165, 1.54) is 41.4 Å². The molecular formula is C19H24N2O. The molecule has 2 atom stereocenters. The highest BCUT2D eigenvalue weighted by molar-refractivity contribution is 5.86. The van der Waals surface area contributed by atoms with Crippen molar-refractivity contribution in [2.45, 2.75) is 58.0 Å². The van der Waals surface area contributed by atoms with Crippen LogP contribution in [0, 0.1) is 5.92 Å². The predicted molar refractivity (Wildman–Crippen MR) is 88.7 cm³/mol. The summed E-state index contributed by atoms with van der Waals surface area (Å²) in [6.07, 6.45) is 5.47. The third kappa shape index (κ3) is 2.06. The first-order valence-electron chi connectivity index (χ1n) is 8.55. The van der Waals surface area contributed by atoms with Crippen molar-refractivity contribution in [1.82, 2.24) is 9.88 Å². The van der Waals surface area contributed by atoms with Crippen molar-refractivity contribution in [3.05, 3.63) is 35.5 Å². The second-order valence-electron chi connectivity index (χ2n) is 7.09. The molecule has 2 heterocycles. The van der Waals surface area contributed by atoms with E-state index in [0.717, 1.165) is 12.8 Å². The average molecular weight is 296 g/mol. The molecule has 3 nitrogen and oxygen atoms in total. The molecule has 1 saturated carbocycles. The summed E-state index contributed by atoms with van der Waals surface area (Å²) < 4.78 is 0. The summed E-state index contributed by atoms with van der Waals surface area (Å²) in [6.45, 7) is 4.36. The third-order valence-electron chi connectivity index (χ3n) is 5.63. The van der Waals surface area contributed by atoms with Gasteiger partial charge in [0.1, 0.15) is 0 Å². The quantitative estimate of drug-likeness (QED) is 0.886. The molecule has 2 aliphatic rings. The van der Waals surface area contributed by atoms with E-state index in [4.69, 9.17) is 0 Å². The number of aromatic amines is 1. The molecule has 0 radical (unpaired) electrons. The lowest BCUT2D eigenvalue weighted by atomic mass is 9.82. The zero-order valence-electron chi connectivity index (χ0n) is 13.4. The molecule has 0 spiro atoms. The lowest BCUT2D eigenvalue weighted by molar-refractivity contribution is -0.138. The van der Waals surface area contributed by atoms with Crippen LogP contribution in [0.4, 0.5) is 0 Å². The number of nitrogens with zero attached hydrogens (tertiary/aromatic N) is 1. The fourth-order valence-corrected chi connectivity index (χ4v) is 4.22. The van der Waals surface area contributed by atoms with Gasteiger partial charge in [-0.1, -0.05) is 24.6 Å². The molecule has 1 N–H and O–H groups in total. The number of nitrogens with one attached hydrogen (secondary N) is 1. The summed E-state index contributed by atoms with van der Waals surface area (Å²) in [5, 5.41) is 1.32. The van der Waals surface area contributed by atoms with E-state index in [-0.39, 0.29) is 12.1 Å². The summed E-state index contributed by atoms with van der Waals surface area (Å²) in [5.74, 6) is 0.977. The van der Waals surface area contributed by atoms with Gasteiger partial charge < -0.3 is 9.88 Å². The van der Waals surface area contributed by atoms with Crippen molar-refractivity contribution in [2.75, 3.05) is 0 Å². The Bertz CT molecular complexity index is 713. The summed E-state index contributed by atoms with van der Waals surface area (Å²) in [4.78, 5) is 18.4. The second-order valence-corrected chi connectivity index (χ2v) is 7.09. The lowest BCUT2D eigenvalue weighted by Gasteiger charge is -2.40. The summed E-state index contributed by atoms with van der Waals surface area (Å²) in [5.41, 5.74) is 3.84. The zero-order valence-corrected chi connectivity index (χ0v) is 13.4. The minimum atomic E-state index is 0.152. The molecule has 1 aliphatic heterocycles. The first kappa shape index (κ1) is 13.9. The van der Waals surface area contributed by atoms with Gasteiger partial charge in [0.05, 0.1) is 6.04 Å². The van der Waals surface area contributed by atoms with Crippen LogP contribution in [0.1, 0.15) is 56.8 Å². The number of para-hydroxylation sites is 1. The Morgan fingerprint density at radius 3 is 2.77 bits per heavy atom. The van der Waals surface area contributed by atoms with E-state index in [9.17, 15) is 4.79 Å². The van der Waals surface area contributed by atoms with Crippen LogP contribution in [-0.2, 0) is 11.2 Å². The molecule has 0 bridgehead atoms. The van der Waals surface area contributed by atoms with Crippen molar-refractivity contribution in [2.24, 2.45) is 5.92 Å². The van der Waals surface area contributed by atoms with Crippen LogP contribution in [0.15, 0.2) is 24.3 Å². The minimum Gasteiger partial charge on any atom is -0.356 e. The molecule has 1 fully saturated rings. The van der Waals surface area contributed by atoms with E-state index < -0.39 is 0 Å². The Hall–Kier alpha value is -1.77. The Morgan fingerprint density at radius 2 is 2.05 bits per heavy atom. The second kappa shape index (κ2) is 5.15. The number of carbonyl (C=O) groups is 1. The van der Waals surface area contributed by atoms with Crippen LogP contribution >= 0.6 is 0 Å². The molecule has 22 heavy (non-hydrogen) atoms. The molecule has 2 aromatic rings. The first-order chi connectivity index (χ1) is 10.6. The Kier molecular flexibility index (Phi) is 3.24. The Labute approximate surface area is 131 Å². The molecule has 0 saturated heterocycles. The van der Waals surface area contributed by atoms with Gasteiger partial charge in [-0.05, 0) is 50.7 Å². The van der Waals surface area contributed by atoms with Crippen LogP contribution in [0.25, 0.3) is 10.9 Å². The van der Waals surface area contributed by atoms with E-state index in [2.05, 4.69) is 48.0 Å². The number of amides is 1. The van der Waals surface area contributed by atoms with Gasteiger partial charge in [-0.15, -0.1) is 0 Å². The zero-order chi connectivity index (χ0) is 15.3. The van der Waals surface area contributed by atoms with Gasteiger partial charge >= 0.3 is 0 Å². The van der Waals surface area contributed by atoms with Gasteiger partial charge in [0.25, 0.3) is 0 Å². The molecule has 1 aromatic carbocycles. The summed E-state index contributed by atoms with van der Waals surface area (Å²) >= 11 is 0. The van der Waals surface area contributed by atoms with E-state index in [1.807, 2.05) is 0 Å². The third-order valence-corrected chi connectivity index (χ3v) is 5.63. The standard InChI is InChI=1S/C19H24N2O/c1-12-10-16-15-8-3-4-9-17(15)20-19(16)13(2)21(12)18(22)11-14-6-5-7-14/h3-4,8-9,12-14,20H,5-7,10-11H2,1-2H3/t12-,13-/m1/s1. The van der Waals surface area contributed by atoms with Crippen molar-refractivity contribution >= 4 is 16.8 Å². The maximum absolute atomic E-state index is 12.8. The molecule has 3 heteroatoms. The molecule has 1 amide bonds. The highest BCUT2D eigenvalue weighted by Gasteiger charge is 2.36. The number of rotatable bonds is 2. The smallest absolute Gasteiger partial charge is 0.223 e. The Balaban J connectivity index is 1.67. The molecule has 4 rings (SSSR count). The number of hydrogen-bond acceptors (Lipinski definition) is 1. The number of fused-ring (bicyclic) bond motifs is 3. The normalized spacial score (nSPS) is 25.1. The van der Waals surface area contributed by atoms with Gasteiger partial charge in [-0.2, -0.15) is 0 Å². The van der Waals surface area contributed by atoms with E-state index in [1.54, 1.807) is 0 Å². The van der Waals surface area contributed by atoms with Crippen LogP contribution < -0.4 is 0 Å². The van der Waals surface area contributed by atoms with E-state index in [0.29, 0.717) is 11.8 Å². The largest absolute Gasteiger partial charge is 0.356 e. The van der Waals surface area contributed by atoms with Gasteiger partial charge in [-0.3, -0.25) is 4.79 Å². The average Bonchev–Trinajstić information content (AvgIpc) is 2.82. The molecule has 0 unspecified atom stereocenters. The lowest BCUT2D eigenvalue weighted by Crippen LogP contribution is -2.45. The first-order valence-corrected chi connectivity index (χ1v) is 8.55. The molecular weight excluding hydrogens is 272 g/mol. The van der Waals surface area contributed by atoms with Crippen LogP contribution in [0.2, 0.25) is 0 Å². The number of H-pyrrole nitrogens is 1. The molecule has 1 aliphatic carbocycles. The minimum absolute atomic E-state index is 0.152. The summed E-state index contributed by atoms with van der Waals surface area (Å²) in [7, 11) is 0. The maximum atomic E-state index is 12.8. The molecule has 1 aromatic heterocycles. The number of benzene rings is 1. The van der Waals surface area contributed by atoms with Crippen LogP contribution in [0.3, 0.4) is 0 Å². The van der Waals surface area contributed by atoms with Crippen LogP contribution in [0.5, 0.6) is 0 Å². The Morgan fingerprint density at radius 1 is 1.27 bits per heavy atom. The SMILES string of the molecule is C[C@@H]1Cc2c([nH]c3ccccc23)[C@@H](C)N1C(=O)CC1CCC1. The topological polar surface area (TPSA) is 36.1 Å². The van der Waals surface area contributed by atoms with Crippen molar-refractivity contribution in [3.63, 3.8) is 0 Å². The number of aromatic nitrogens is 1. The van der Waals surface area contributed by atoms with Gasteiger partial charge in [0.15, 0.2) is 0 Å². The highest BCUT2D eigenvalue weighted by atomic mass is 16.2. The van der Waals surface area contributed by atoms with Gasteiger partial charge in [-0.25, -0.2) is 0 Å². The number of carbonyl (C=O) groups excluding carboxylic acids is 1. The summed E-state index contributed by atoms with van der Waals surface area (Å²) in [6, 6.07) is 8.92. The monoisotopic (exact) mass is 296 g/mol. The van der Waals surface area contributed by atoms with Crippen LogP contribution in [-0.4, -0.2) is 21.8 Å². The fraction of sp³-hybridized carbons (Fsp3) is 0.526. The van der Waals surface area contributed by atoms with Crippen molar-refractivity contribution in [1.29, 1.82) is 0 Å². The van der Waals surface area contributed by atoms with Gasteiger partial charge in [0.2, 0.25) is 5.91 Å². The highest BCUT2D eigenvalue weighted by Crippen LogP contribution is 2.38.